The zero-order valence-electron chi connectivity index (χ0n) is 9.97. The van der Waals surface area contributed by atoms with Crippen LogP contribution >= 0.6 is 0 Å². The van der Waals surface area contributed by atoms with Gasteiger partial charge in [0.2, 0.25) is 0 Å². The van der Waals surface area contributed by atoms with Gasteiger partial charge in [0.05, 0.1) is 0 Å². The number of unbranched alkanes of at least 4 members (excludes halogenated alkanes) is 6. The van der Waals surface area contributed by atoms with E-state index in [1.165, 1.54) is 51.4 Å². The van der Waals surface area contributed by atoms with E-state index in [0.29, 0.717) is 0 Å². The highest BCUT2D eigenvalue weighted by Crippen LogP contribution is 2.01. The van der Waals surface area contributed by atoms with E-state index in [4.69, 9.17) is 0 Å². The Labute approximate surface area is 90.1 Å². The molecular weight excluding hydrogens is 168 g/mol. The first-order chi connectivity index (χ1) is 6.91. The van der Waals surface area contributed by atoms with Crippen LogP contribution in [0.4, 0.5) is 0 Å². The van der Waals surface area contributed by atoms with E-state index in [1.807, 2.05) is 0 Å². The van der Waals surface area contributed by atoms with Crippen LogP contribution in [0.1, 0.15) is 65.2 Å². The molecule has 0 fully saturated rings. The largest absolute Gasteiger partial charge is 0.0845 e. The number of allylic oxidation sites excluding steroid dienone is 4. The van der Waals surface area contributed by atoms with Gasteiger partial charge in [0.15, 0.2) is 0 Å². The maximum Gasteiger partial charge on any atom is -0.0348 e. The Morgan fingerprint density at radius 3 is 1.43 bits per heavy atom. The van der Waals surface area contributed by atoms with Crippen LogP contribution in [0.15, 0.2) is 24.3 Å². The number of hydrogen-bond acceptors (Lipinski definition) is 0. The van der Waals surface area contributed by atoms with Crippen LogP contribution in [0.5, 0.6) is 0 Å². The molecule has 0 N–H and O–H groups in total. The lowest BCUT2D eigenvalue weighted by Crippen LogP contribution is -1.71. The van der Waals surface area contributed by atoms with Crippen LogP contribution in [-0.2, 0) is 0 Å². The summed E-state index contributed by atoms with van der Waals surface area (Å²) in [6.45, 7) is 4.49. The fraction of sp³-hybridized carbons (Fsp3) is 0.714. The molecule has 82 valence electrons. The molecule has 0 nitrogen and oxygen atoms in total. The molecule has 0 spiro atoms. The summed E-state index contributed by atoms with van der Waals surface area (Å²) in [7, 11) is 0. The second kappa shape index (κ2) is 12.5. The van der Waals surface area contributed by atoms with Crippen molar-refractivity contribution in [1.29, 1.82) is 0 Å². The van der Waals surface area contributed by atoms with Crippen molar-refractivity contribution in [2.75, 3.05) is 0 Å². The van der Waals surface area contributed by atoms with Gasteiger partial charge in [-0.25, -0.2) is 0 Å². The molecule has 0 aliphatic carbocycles. The Kier molecular flexibility index (Phi) is 12.0. The lowest BCUT2D eigenvalue weighted by Gasteiger charge is -1.91. The van der Waals surface area contributed by atoms with Gasteiger partial charge in [-0.2, -0.15) is 0 Å². The van der Waals surface area contributed by atoms with Gasteiger partial charge in [0.25, 0.3) is 0 Å². The smallest absolute Gasteiger partial charge is 0.0348 e. The summed E-state index contributed by atoms with van der Waals surface area (Å²) in [5.74, 6) is 0. The summed E-state index contributed by atoms with van der Waals surface area (Å²) < 4.78 is 0. The van der Waals surface area contributed by atoms with Crippen molar-refractivity contribution in [3.63, 3.8) is 0 Å². The van der Waals surface area contributed by atoms with E-state index in [-0.39, 0.29) is 0 Å². The molecule has 0 radical (unpaired) electrons. The molecule has 0 saturated carbocycles. The summed E-state index contributed by atoms with van der Waals surface area (Å²) >= 11 is 0. The molecule has 0 aliphatic heterocycles. The molecule has 0 aliphatic rings. The predicted molar refractivity (Wildman–Crippen MR) is 66.6 cm³/mol. The molecule has 0 aromatic rings. The fourth-order valence-corrected chi connectivity index (χ4v) is 1.37. The normalized spacial score (nSPS) is 11.9. The Morgan fingerprint density at radius 1 is 0.643 bits per heavy atom. The van der Waals surface area contributed by atoms with Crippen LogP contribution in [0.25, 0.3) is 0 Å². The molecule has 0 amide bonds. The third-order valence-electron chi connectivity index (χ3n) is 2.33. The zero-order valence-corrected chi connectivity index (χ0v) is 9.97. The molecule has 14 heavy (non-hydrogen) atoms. The van der Waals surface area contributed by atoms with Crippen molar-refractivity contribution >= 4 is 0 Å². The van der Waals surface area contributed by atoms with Gasteiger partial charge in [-0.3, -0.25) is 0 Å². The lowest BCUT2D eigenvalue weighted by atomic mass is 10.2. The molecule has 0 rings (SSSR count). The lowest BCUT2D eigenvalue weighted by molar-refractivity contribution is 0.727. The minimum absolute atomic E-state index is 1.24. The maximum absolute atomic E-state index is 2.28. The predicted octanol–water partition coefficient (Wildman–Crippen LogP) is 5.26. The van der Waals surface area contributed by atoms with Crippen molar-refractivity contribution in [1.82, 2.24) is 0 Å². The first-order valence-corrected chi connectivity index (χ1v) is 6.23. The molecule has 0 atom stereocenters. The van der Waals surface area contributed by atoms with Crippen molar-refractivity contribution in [2.24, 2.45) is 0 Å². The number of rotatable bonds is 9. The van der Waals surface area contributed by atoms with Gasteiger partial charge < -0.3 is 0 Å². The summed E-state index contributed by atoms with van der Waals surface area (Å²) in [5, 5.41) is 0. The second-order valence-corrected chi connectivity index (χ2v) is 3.85. The first-order valence-electron chi connectivity index (χ1n) is 6.23. The van der Waals surface area contributed by atoms with E-state index < -0.39 is 0 Å². The summed E-state index contributed by atoms with van der Waals surface area (Å²) in [6, 6.07) is 0. The van der Waals surface area contributed by atoms with Crippen molar-refractivity contribution < 1.29 is 0 Å². The Bertz CT molecular complexity index is 124. The summed E-state index contributed by atoms with van der Waals surface area (Å²) in [6.07, 6.45) is 19.5. The molecule has 0 heterocycles. The first kappa shape index (κ1) is 13.5. The van der Waals surface area contributed by atoms with Crippen LogP contribution in [-0.4, -0.2) is 0 Å². The van der Waals surface area contributed by atoms with Crippen molar-refractivity contribution in [3.05, 3.63) is 24.3 Å². The quantitative estimate of drug-likeness (QED) is 0.347. The van der Waals surface area contributed by atoms with Crippen molar-refractivity contribution in [2.45, 2.75) is 65.2 Å². The van der Waals surface area contributed by atoms with Gasteiger partial charge >= 0.3 is 0 Å². The minimum Gasteiger partial charge on any atom is -0.0845 e. The molecule has 0 bridgehead atoms. The van der Waals surface area contributed by atoms with Gasteiger partial charge in [-0.15, -0.1) is 0 Å². The van der Waals surface area contributed by atoms with Crippen LogP contribution in [0.3, 0.4) is 0 Å². The third kappa shape index (κ3) is 11.5. The van der Waals surface area contributed by atoms with Gasteiger partial charge in [0.1, 0.15) is 0 Å². The summed E-state index contributed by atoms with van der Waals surface area (Å²) in [5.41, 5.74) is 0. The zero-order chi connectivity index (χ0) is 10.5. The molecule has 0 aromatic carbocycles. The standard InChI is InChI=1S/C14H26/c1-3-5-7-9-11-13-14-12-10-8-6-4-2/h11-14H,3-10H2,1-2H3/b13-11-,14-12-. The SMILES string of the molecule is CCCCC/C=C\C=C/CCCCC. The van der Waals surface area contributed by atoms with E-state index in [0.717, 1.165) is 0 Å². The maximum atomic E-state index is 2.28. The van der Waals surface area contributed by atoms with E-state index in [2.05, 4.69) is 38.2 Å². The molecule has 0 heteroatoms. The average Bonchev–Trinajstić information content (AvgIpc) is 2.21. The number of hydrogen-bond donors (Lipinski definition) is 0. The van der Waals surface area contributed by atoms with Gasteiger partial charge in [0, 0.05) is 0 Å². The van der Waals surface area contributed by atoms with E-state index in [1.54, 1.807) is 0 Å². The molecule has 0 saturated heterocycles. The van der Waals surface area contributed by atoms with Gasteiger partial charge in [-0.1, -0.05) is 63.8 Å². The average molecular weight is 194 g/mol. The Balaban J connectivity index is 3.15. The van der Waals surface area contributed by atoms with Crippen LogP contribution < -0.4 is 0 Å². The highest BCUT2D eigenvalue weighted by atomic mass is 13.9. The molecule has 0 aromatic heterocycles. The van der Waals surface area contributed by atoms with Crippen molar-refractivity contribution in [3.8, 4) is 0 Å². The molecule has 0 unspecified atom stereocenters. The summed E-state index contributed by atoms with van der Waals surface area (Å²) in [4.78, 5) is 0. The van der Waals surface area contributed by atoms with Crippen LogP contribution in [0.2, 0.25) is 0 Å². The van der Waals surface area contributed by atoms with E-state index in [9.17, 15) is 0 Å². The van der Waals surface area contributed by atoms with Crippen LogP contribution in [0, 0.1) is 0 Å². The molecular formula is C14H26. The monoisotopic (exact) mass is 194 g/mol. The third-order valence-corrected chi connectivity index (χ3v) is 2.33. The van der Waals surface area contributed by atoms with Gasteiger partial charge in [-0.05, 0) is 25.7 Å². The fourth-order valence-electron chi connectivity index (χ4n) is 1.37. The highest BCUT2D eigenvalue weighted by molar-refractivity contribution is 5.02. The second-order valence-electron chi connectivity index (χ2n) is 3.85. The highest BCUT2D eigenvalue weighted by Gasteiger charge is 1.81. The van der Waals surface area contributed by atoms with E-state index >= 15 is 0 Å². The Hall–Kier alpha value is -0.520. The topological polar surface area (TPSA) is 0 Å². The minimum atomic E-state index is 1.24. The Morgan fingerprint density at radius 2 is 1.07 bits per heavy atom.